The topological polar surface area (TPSA) is 67.5 Å². The van der Waals surface area contributed by atoms with Crippen molar-refractivity contribution in [3.63, 3.8) is 0 Å². The molecule has 0 bridgehead atoms. The Labute approximate surface area is 90.0 Å². The molecule has 2 heterocycles. The van der Waals surface area contributed by atoms with Crippen molar-refractivity contribution >= 4 is 22.5 Å². The van der Waals surface area contributed by atoms with Crippen LogP contribution in [-0.2, 0) is 0 Å². The molecule has 78 valence electrons. The lowest BCUT2D eigenvalue weighted by Crippen LogP contribution is -2.00. The third-order valence-corrected chi connectivity index (χ3v) is 2.50. The van der Waals surface area contributed by atoms with Crippen LogP contribution in [0, 0.1) is 0 Å². The number of aromatic nitrogens is 3. The lowest BCUT2D eigenvalue weighted by atomic mass is 10.2. The van der Waals surface area contributed by atoms with Crippen LogP contribution in [0.5, 0.6) is 0 Å². The Bertz CT molecular complexity index is 703. The van der Waals surface area contributed by atoms with E-state index in [1.807, 2.05) is 10.5 Å². The number of benzene rings is 1. The monoisotopic (exact) mass is 213 g/mol. The molecule has 0 saturated heterocycles. The lowest BCUT2D eigenvalue weighted by Gasteiger charge is -2.03. The van der Waals surface area contributed by atoms with Gasteiger partial charge < -0.3 is 5.11 Å². The van der Waals surface area contributed by atoms with E-state index in [1.54, 1.807) is 30.9 Å². The number of hydrogen-bond acceptors (Lipinski definition) is 3. The van der Waals surface area contributed by atoms with Gasteiger partial charge in [0.05, 0.1) is 35.3 Å². The second kappa shape index (κ2) is 3.03. The fourth-order valence-electron chi connectivity index (χ4n) is 1.77. The zero-order valence-corrected chi connectivity index (χ0v) is 8.16. The molecule has 0 aliphatic carbocycles. The second-order valence-corrected chi connectivity index (χ2v) is 3.43. The Balaban J connectivity index is 2.53. The number of imidazole rings is 1. The average molecular weight is 213 g/mol. The first-order chi connectivity index (χ1) is 7.77. The number of carboxylic acid groups (broad SMARTS) is 1. The number of nitrogens with zero attached hydrogens (tertiary/aromatic N) is 3. The van der Waals surface area contributed by atoms with Crippen LogP contribution in [0.25, 0.3) is 16.6 Å². The highest BCUT2D eigenvalue weighted by Gasteiger charge is 2.10. The molecule has 0 amide bonds. The highest BCUT2D eigenvalue weighted by molar-refractivity contribution is 6.01. The van der Waals surface area contributed by atoms with Crippen LogP contribution in [0.1, 0.15) is 10.4 Å². The highest BCUT2D eigenvalue weighted by Crippen LogP contribution is 2.17. The molecule has 5 nitrogen and oxygen atoms in total. The predicted molar refractivity (Wildman–Crippen MR) is 57.5 cm³/mol. The van der Waals surface area contributed by atoms with E-state index < -0.39 is 5.97 Å². The molecule has 0 atom stereocenters. The van der Waals surface area contributed by atoms with E-state index in [4.69, 9.17) is 5.11 Å². The molecule has 3 rings (SSSR count). The average Bonchev–Trinajstić information content (AvgIpc) is 2.76. The fraction of sp³-hybridized carbons (Fsp3) is 0. The smallest absolute Gasteiger partial charge is 0.337 e. The van der Waals surface area contributed by atoms with Crippen LogP contribution in [-0.4, -0.2) is 25.4 Å². The summed E-state index contributed by atoms with van der Waals surface area (Å²) in [5.41, 5.74) is 2.26. The van der Waals surface area contributed by atoms with Crippen molar-refractivity contribution in [2.45, 2.75) is 0 Å². The van der Waals surface area contributed by atoms with E-state index >= 15 is 0 Å². The van der Waals surface area contributed by atoms with Crippen LogP contribution in [0.3, 0.4) is 0 Å². The van der Waals surface area contributed by atoms with Gasteiger partial charge in [0.25, 0.3) is 0 Å². The van der Waals surface area contributed by atoms with Gasteiger partial charge in [-0.15, -0.1) is 0 Å². The van der Waals surface area contributed by atoms with Gasteiger partial charge in [0.15, 0.2) is 0 Å². The molecule has 0 spiro atoms. The van der Waals surface area contributed by atoms with E-state index in [-0.39, 0.29) is 5.56 Å². The number of fused-ring (bicyclic) bond motifs is 3. The summed E-state index contributed by atoms with van der Waals surface area (Å²) in [6.07, 6.45) is 4.94. The van der Waals surface area contributed by atoms with Gasteiger partial charge >= 0.3 is 5.97 Å². The molecule has 0 aliphatic heterocycles. The molecular weight excluding hydrogens is 206 g/mol. The van der Waals surface area contributed by atoms with Gasteiger partial charge in [0, 0.05) is 0 Å². The molecule has 5 heteroatoms. The summed E-state index contributed by atoms with van der Waals surface area (Å²) in [5.74, 6) is -0.974. The van der Waals surface area contributed by atoms with E-state index in [2.05, 4.69) is 9.97 Å². The van der Waals surface area contributed by atoms with Crippen molar-refractivity contribution in [3.8, 4) is 0 Å². The lowest BCUT2D eigenvalue weighted by molar-refractivity contribution is 0.0699. The molecule has 16 heavy (non-hydrogen) atoms. The zero-order valence-electron chi connectivity index (χ0n) is 8.16. The Morgan fingerprint density at radius 3 is 3.00 bits per heavy atom. The summed E-state index contributed by atoms with van der Waals surface area (Å²) in [6, 6.07) is 5.07. The molecule has 1 aromatic carbocycles. The second-order valence-electron chi connectivity index (χ2n) is 3.43. The molecule has 0 fully saturated rings. The molecule has 3 aromatic rings. The largest absolute Gasteiger partial charge is 0.478 e. The summed E-state index contributed by atoms with van der Waals surface area (Å²) >= 11 is 0. The number of rotatable bonds is 1. The molecule has 0 unspecified atom stereocenters. The molecular formula is C11H7N3O2. The van der Waals surface area contributed by atoms with Crippen LogP contribution in [0.4, 0.5) is 0 Å². The van der Waals surface area contributed by atoms with Gasteiger partial charge in [0.2, 0.25) is 0 Å². The summed E-state index contributed by atoms with van der Waals surface area (Å²) < 4.78 is 1.81. The third kappa shape index (κ3) is 1.08. The first-order valence-corrected chi connectivity index (χ1v) is 4.70. The van der Waals surface area contributed by atoms with Crippen LogP contribution < -0.4 is 0 Å². The minimum atomic E-state index is -0.974. The molecule has 1 N–H and O–H groups in total. The normalized spacial score (nSPS) is 11.0. The third-order valence-electron chi connectivity index (χ3n) is 2.50. The number of carbonyl (C=O) groups is 1. The first kappa shape index (κ1) is 8.84. The number of hydrogen-bond donors (Lipinski definition) is 1. The van der Waals surface area contributed by atoms with Crippen LogP contribution in [0.15, 0.2) is 36.9 Å². The maximum absolute atomic E-state index is 11.0. The number of para-hydroxylation sites is 1. The zero-order chi connectivity index (χ0) is 11.1. The molecule has 2 aromatic heterocycles. The number of carboxylic acids is 1. The van der Waals surface area contributed by atoms with Gasteiger partial charge in [-0.2, -0.15) is 0 Å². The van der Waals surface area contributed by atoms with Crippen molar-refractivity contribution in [1.82, 2.24) is 14.4 Å². The quantitative estimate of drug-likeness (QED) is 0.666. The van der Waals surface area contributed by atoms with Crippen molar-refractivity contribution in [3.05, 3.63) is 42.5 Å². The minimum absolute atomic E-state index is 0.202. The SMILES string of the molecule is O=C(O)c1cccc2c1ncc1cncn12. The molecule has 0 saturated carbocycles. The standard InChI is InChI=1S/C11H7N3O2/c15-11(16)8-2-1-3-9-10(8)13-5-7-4-12-6-14(7)9/h1-6H,(H,15,16). The van der Waals surface area contributed by atoms with Gasteiger partial charge in [-0.25, -0.2) is 9.78 Å². The Morgan fingerprint density at radius 1 is 1.31 bits per heavy atom. The Morgan fingerprint density at radius 2 is 2.19 bits per heavy atom. The van der Waals surface area contributed by atoms with E-state index in [9.17, 15) is 4.79 Å². The highest BCUT2D eigenvalue weighted by atomic mass is 16.4. The Kier molecular flexibility index (Phi) is 1.67. The van der Waals surface area contributed by atoms with Crippen molar-refractivity contribution < 1.29 is 9.90 Å². The van der Waals surface area contributed by atoms with Crippen molar-refractivity contribution in [1.29, 1.82) is 0 Å². The summed E-state index contributed by atoms with van der Waals surface area (Å²) in [6.45, 7) is 0. The van der Waals surface area contributed by atoms with Crippen LogP contribution >= 0.6 is 0 Å². The summed E-state index contributed by atoms with van der Waals surface area (Å²) in [7, 11) is 0. The first-order valence-electron chi connectivity index (χ1n) is 4.70. The summed E-state index contributed by atoms with van der Waals surface area (Å²) in [5, 5.41) is 9.04. The molecule has 0 aliphatic rings. The van der Waals surface area contributed by atoms with E-state index in [0.29, 0.717) is 5.52 Å². The summed E-state index contributed by atoms with van der Waals surface area (Å²) in [4.78, 5) is 19.2. The van der Waals surface area contributed by atoms with Gasteiger partial charge in [0.1, 0.15) is 5.52 Å². The number of aromatic carboxylic acids is 1. The van der Waals surface area contributed by atoms with Gasteiger partial charge in [-0.05, 0) is 12.1 Å². The van der Waals surface area contributed by atoms with E-state index in [0.717, 1.165) is 11.0 Å². The fourth-order valence-corrected chi connectivity index (χ4v) is 1.77. The van der Waals surface area contributed by atoms with Gasteiger partial charge in [-0.3, -0.25) is 9.38 Å². The van der Waals surface area contributed by atoms with Gasteiger partial charge in [-0.1, -0.05) is 6.07 Å². The van der Waals surface area contributed by atoms with E-state index in [1.165, 1.54) is 0 Å². The van der Waals surface area contributed by atoms with Crippen molar-refractivity contribution in [2.24, 2.45) is 0 Å². The Hall–Kier alpha value is -2.43. The van der Waals surface area contributed by atoms with Crippen LogP contribution in [0.2, 0.25) is 0 Å². The maximum Gasteiger partial charge on any atom is 0.337 e. The minimum Gasteiger partial charge on any atom is -0.478 e. The van der Waals surface area contributed by atoms with Crippen molar-refractivity contribution in [2.75, 3.05) is 0 Å². The predicted octanol–water partition coefficient (Wildman–Crippen LogP) is 1.58. The molecule has 0 radical (unpaired) electrons. The maximum atomic E-state index is 11.0.